The molecule has 8 bridgehead atoms. The molecule has 20 atom stereocenters. The van der Waals surface area contributed by atoms with E-state index in [9.17, 15) is 8.78 Å². The molecule has 10 N–H and O–H groups in total. The van der Waals surface area contributed by atoms with E-state index < -0.39 is 48.9 Å². The van der Waals surface area contributed by atoms with Crippen molar-refractivity contribution in [3.8, 4) is 0 Å². The van der Waals surface area contributed by atoms with Gasteiger partial charge in [0.1, 0.15) is 29.7 Å². The highest BCUT2D eigenvalue weighted by atomic mass is 27.0. The molecular weight excluding hydrogens is 615 g/mol. The van der Waals surface area contributed by atoms with Crippen LogP contribution in [0.4, 0.5) is 17.6 Å². The third-order valence-electron chi connectivity index (χ3n) is 13.9. The van der Waals surface area contributed by atoms with Crippen molar-refractivity contribution >= 4 is 17.4 Å². The van der Waals surface area contributed by atoms with Crippen LogP contribution in [-0.4, -0.2) is 96.9 Å². The molecule has 5 heterocycles. The predicted molar refractivity (Wildman–Crippen MR) is 170 cm³/mol. The first-order valence-corrected chi connectivity index (χ1v) is 18.1. The molecular formula is C32H56AlF4N8O. The van der Waals surface area contributed by atoms with Crippen molar-refractivity contribution in [1.82, 2.24) is 42.5 Å². The second-order valence-electron chi connectivity index (χ2n) is 15.9. The van der Waals surface area contributed by atoms with Crippen molar-refractivity contribution < 1.29 is 23.0 Å². The van der Waals surface area contributed by atoms with Gasteiger partial charge in [0, 0.05) is 11.8 Å². The van der Waals surface area contributed by atoms with Gasteiger partial charge in [0.2, 0.25) is 0 Å². The molecule has 4 saturated carbocycles. The van der Waals surface area contributed by atoms with Gasteiger partial charge in [-0.05, 0) is 74.0 Å². The Morgan fingerprint density at radius 2 is 0.500 bits per heavy atom. The fourth-order valence-corrected chi connectivity index (χ4v) is 11.9. The molecule has 0 amide bonds. The van der Waals surface area contributed by atoms with E-state index in [4.69, 9.17) is 0 Å². The van der Waals surface area contributed by atoms with E-state index in [1.54, 1.807) is 0 Å². The molecule has 0 spiro atoms. The summed E-state index contributed by atoms with van der Waals surface area (Å²) in [5.41, 5.74) is 0. The predicted octanol–water partition coefficient (Wildman–Crippen LogP) is 0.657. The van der Waals surface area contributed by atoms with Gasteiger partial charge in [0.05, 0.1) is 49.3 Å². The minimum Gasteiger partial charge on any atom is -0.412 e. The molecule has 0 aromatic carbocycles. The summed E-state index contributed by atoms with van der Waals surface area (Å²) in [5, 5.41) is 30.6. The summed E-state index contributed by atoms with van der Waals surface area (Å²) in [6, 6.07) is 0. The Labute approximate surface area is 280 Å². The first-order chi connectivity index (χ1) is 21.5. The van der Waals surface area contributed by atoms with Gasteiger partial charge < -0.3 is 5.48 Å². The third kappa shape index (κ3) is 5.53. The SMILES string of the molecule is FC1C(F)C(F)C2C3NC4NC(NC5NC(NC6NC(NC(N3)C2C1F)C1CCCCC61)C1CCCCC51)C1CCCCC41.O.[AlH2]. The van der Waals surface area contributed by atoms with Gasteiger partial charge in [-0.1, -0.05) is 38.5 Å². The summed E-state index contributed by atoms with van der Waals surface area (Å²) < 4.78 is 61.5. The smallest absolute Gasteiger partial charge is 0.165 e. The summed E-state index contributed by atoms with van der Waals surface area (Å²) in [6.07, 6.45) is 3.98. The average Bonchev–Trinajstić information content (AvgIpc) is 3.78. The first-order valence-electron chi connectivity index (χ1n) is 18.1. The number of halogens is 4. The molecule has 0 aromatic heterocycles. The van der Waals surface area contributed by atoms with Crippen molar-refractivity contribution in [3.05, 3.63) is 0 Å². The number of nitrogens with one attached hydrogen (secondary N) is 8. The zero-order valence-electron chi connectivity index (χ0n) is 27.0. The van der Waals surface area contributed by atoms with Crippen LogP contribution in [0.2, 0.25) is 0 Å². The maximum atomic E-state index is 15.8. The molecule has 9 nitrogen and oxygen atoms in total. The molecule has 9 fully saturated rings. The third-order valence-corrected chi connectivity index (χ3v) is 13.9. The van der Waals surface area contributed by atoms with Gasteiger partial charge in [-0.2, -0.15) is 0 Å². The van der Waals surface area contributed by atoms with E-state index in [1.165, 1.54) is 38.5 Å². The van der Waals surface area contributed by atoms with Crippen LogP contribution in [0, 0.1) is 47.3 Å². The number of alkyl halides is 4. The summed E-state index contributed by atoms with van der Waals surface area (Å²) in [5.74, 6) is 0.629. The Hall–Kier alpha value is -0.108. The molecule has 261 valence electrons. The number of hydrogen-bond donors (Lipinski definition) is 8. The van der Waals surface area contributed by atoms with Gasteiger partial charge in [-0.25, -0.2) is 17.6 Å². The van der Waals surface area contributed by atoms with E-state index in [1.807, 2.05) is 0 Å². The molecule has 9 rings (SSSR count). The molecule has 5 saturated heterocycles. The summed E-state index contributed by atoms with van der Waals surface area (Å²) >= 11 is 0. The first kappa shape index (κ1) is 34.3. The van der Waals surface area contributed by atoms with Crippen molar-refractivity contribution in [3.63, 3.8) is 0 Å². The average molecular weight is 672 g/mol. The molecule has 1 radical (unpaired) electrons. The summed E-state index contributed by atoms with van der Waals surface area (Å²) in [6.45, 7) is 0. The van der Waals surface area contributed by atoms with E-state index in [2.05, 4.69) is 42.5 Å². The molecule has 5 aliphatic heterocycles. The number of hydrogen-bond acceptors (Lipinski definition) is 8. The van der Waals surface area contributed by atoms with Gasteiger partial charge >= 0.3 is 0 Å². The quantitative estimate of drug-likeness (QED) is 0.140. The Balaban J connectivity index is 0.00000169. The highest BCUT2D eigenvalue weighted by molar-refractivity contribution is 5.75. The van der Waals surface area contributed by atoms with E-state index in [0.717, 1.165) is 38.5 Å². The molecule has 9 aliphatic rings. The van der Waals surface area contributed by atoms with Crippen LogP contribution in [0.5, 0.6) is 0 Å². The molecule has 0 aromatic rings. The largest absolute Gasteiger partial charge is 0.412 e. The topological polar surface area (TPSA) is 128 Å². The van der Waals surface area contributed by atoms with Crippen LogP contribution in [0.1, 0.15) is 77.0 Å². The lowest BCUT2D eigenvalue weighted by Gasteiger charge is -2.41. The van der Waals surface area contributed by atoms with Crippen LogP contribution in [0.3, 0.4) is 0 Å². The maximum Gasteiger partial charge on any atom is 0.165 e. The minimum atomic E-state index is -2.45. The van der Waals surface area contributed by atoms with Crippen LogP contribution in [0.25, 0.3) is 0 Å². The van der Waals surface area contributed by atoms with Gasteiger partial charge in [-0.3, -0.25) is 42.5 Å². The molecule has 4 aliphatic carbocycles. The second kappa shape index (κ2) is 13.6. The van der Waals surface area contributed by atoms with Gasteiger partial charge in [0.25, 0.3) is 0 Å². The van der Waals surface area contributed by atoms with Crippen LogP contribution < -0.4 is 42.5 Å². The molecule has 20 unspecified atom stereocenters. The highest BCUT2D eigenvalue weighted by Gasteiger charge is 2.63. The Kier molecular flexibility index (Phi) is 10.1. The molecule has 14 heteroatoms. The van der Waals surface area contributed by atoms with Crippen LogP contribution >= 0.6 is 0 Å². The summed E-state index contributed by atoms with van der Waals surface area (Å²) in [7, 11) is 0. The summed E-state index contributed by atoms with van der Waals surface area (Å²) in [4.78, 5) is 0. The fraction of sp³-hybridized carbons (Fsp3) is 1.00. The maximum absolute atomic E-state index is 15.8. The monoisotopic (exact) mass is 671 g/mol. The highest BCUT2D eigenvalue weighted by Crippen LogP contribution is 2.47. The van der Waals surface area contributed by atoms with Crippen LogP contribution in [0.15, 0.2) is 0 Å². The zero-order chi connectivity index (χ0) is 29.7. The Bertz CT molecular complexity index is 996. The number of fused-ring (bicyclic) bond motifs is 20. The van der Waals surface area contributed by atoms with Gasteiger partial charge in [-0.15, -0.1) is 0 Å². The van der Waals surface area contributed by atoms with E-state index in [-0.39, 0.29) is 59.8 Å². The normalized spacial score (nSPS) is 57.7. The number of rotatable bonds is 0. The zero-order valence-corrected chi connectivity index (χ0v) is 29.0. The lowest BCUT2D eigenvalue weighted by atomic mass is 9.74. The van der Waals surface area contributed by atoms with Crippen molar-refractivity contribution in [2.75, 3.05) is 0 Å². The van der Waals surface area contributed by atoms with Crippen molar-refractivity contribution in [2.45, 2.75) is 151 Å². The van der Waals surface area contributed by atoms with Gasteiger partial charge in [0.15, 0.2) is 12.3 Å². The minimum absolute atomic E-state index is 0. The Morgan fingerprint density at radius 1 is 0.304 bits per heavy atom. The lowest BCUT2D eigenvalue weighted by molar-refractivity contribution is -0.0799. The standard InChI is InChI=1S/C32H52F4N8.Al.H2O.2H/c33-21-19-20(22(34)24(36)23(21)35)32-43-30-18-12-6-4-10-16(18)28(41-30)39-26-14-8-2-1-7-13(14)25(37-26)38-27-15-9-3-5-11-17(15)29(40-27)42-31(19)44-32;;;;/h13-32,37-44H,1-12H2;;1H2;;. The van der Waals surface area contributed by atoms with Crippen molar-refractivity contribution in [2.24, 2.45) is 47.3 Å². The van der Waals surface area contributed by atoms with E-state index in [0.29, 0.717) is 35.5 Å². The second-order valence-corrected chi connectivity index (χ2v) is 15.9. The van der Waals surface area contributed by atoms with Crippen molar-refractivity contribution in [1.29, 1.82) is 0 Å². The van der Waals surface area contributed by atoms with Crippen LogP contribution in [-0.2, 0) is 0 Å². The Morgan fingerprint density at radius 3 is 0.739 bits per heavy atom. The van der Waals surface area contributed by atoms with E-state index >= 15 is 8.78 Å². The fourth-order valence-electron chi connectivity index (χ4n) is 11.9. The lowest BCUT2D eigenvalue weighted by Crippen LogP contribution is -2.62. The molecule has 46 heavy (non-hydrogen) atoms.